The monoisotopic (exact) mass is 489 g/mol. The summed E-state index contributed by atoms with van der Waals surface area (Å²) in [6, 6.07) is 12.3. The van der Waals surface area contributed by atoms with Gasteiger partial charge in [0, 0.05) is 29.7 Å². The fourth-order valence-electron chi connectivity index (χ4n) is 4.07. The molecule has 1 heterocycles. The average molecular weight is 490 g/mol. The fraction of sp³-hybridized carbons (Fsp3) is 0.417. The second-order valence-electron chi connectivity index (χ2n) is 8.61. The van der Waals surface area contributed by atoms with Gasteiger partial charge in [-0.3, -0.25) is 9.59 Å². The summed E-state index contributed by atoms with van der Waals surface area (Å²) in [7, 11) is -3.97. The number of rotatable bonds is 7. The van der Waals surface area contributed by atoms with E-state index < -0.39 is 16.1 Å². The van der Waals surface area contributed by atoms with Crippen LogP contribution in [0.5, 0.6) is 0 Å². The first-order valence-electron chi connectivity index (χ1n) is 11.3. The normalized spacial score (nSPS) is 19.5. The van der Waals surface area contributed by atoms with E-state index in [0.29, 0.717) is 29.1 Å². The number of sulfonamides is 1. The van der Waals surface area contributed by atoms with Crippen LogP contribution in [0.3, 0.4) is 0 Å². The van der Waals surface area contributed by atoms with E-state index in [1.807, 2.05) is 0 Å². The second-order valence-corrected chi connectivity index (χ2v) is 10.9. The van der Waals surface area contributed by atoms with Crippen LogP contribution >= 0.6 is 11.6 Å². The number of benzene rings is 2. The summed E-state index contributed by atoms with van der Waals surface area (Å²) in [6.45, 7) is 0.558. The highest BCUT2D eigenvalue weighted by Crippen LogP contribution is 2.26. The molecule has 4 rings (SSSR count). The minimum Gasteiger partial charge on any atom is -0.355 e. The largest absolute Gasteiger partial charge is 0.355 e. The zero-order chi connectivity index (χ0) is 23.4. The number of hydrogen-bond donors (Lipinski definition) is 2. The Bertz CT molecular complexity index is 1100. The fourth-order valence-corrected chi connectivity index (χ4v) is 5.80. The van der Waals surface area contributed by atoms with Gasteiger partial charge >= 0.3 is 0 Å². The van der Waals surface area contributed by atoms with E-state index >= 15 is 0 Å². The highest BCUT2D eigenvalue weighted by Gasteiger charge is 2.36. The molecule has 1 aliphatic carbocycles. The van der Waals surface area contributed by atoms with Crippen LogP contribution in [-0.2, 0) is 21.4 Å². The topological polar surface area (TPSA) is 95.6 Å². The number of hydrogen-bond acceptors (Lipinski definition) is 4. The minimum absolute atomic E-state index is 0.0214. The van der Waals surface area contributed by atoms with Crippen molar-refractivity contribution in [1.29, 1.82) is 0 Å². The van der Waals surface area contributed by atoms with Gasteiger partial charge in [-0.25, -0.2) is 8.42 Å². The Morgan fingerprint density at radius 2 is 1.70 bits per heavy atom. The molecule has 2 aromatic carbocycles. The number of nitrogens with zero attached hydrogens (tertiary/aromatic N) is 1. The van der Waals surface area contributed by atoms with E-state index in [1.54, 1.807) is 24.3 Å². The van der Waals surface area contributed by atoms with Crippen molar-refractivity contribution in [1.82, 2.24) is 14.9 Å². The van der Waals surface area contributed by atoms with Crippen molar-refractivity contribution < 1.29 is 18.0 Å². The van der Waals surface area contributed by atoms with Gasteiger partial charge in [-0.1, -0.05) is 23.7 Å². The summed E-state index contributed by atoms with van der Waals surface area (Å²) in [4.78, 5) is 25.3. The van der Waals surface area contributed by atoms with E-state index in [0.717, 1.165) is 32.1 Å². The first-order valence-corrected chi connectivity index (χ1v) is 13.1. The van der Waals surface area contributed by atoms with E-state index in [-0.39, 0.29) is 29.3 Å². The molecule has 2 amide bonds. The van der Waals surface area contributed by atoms with Gasteiger partial charge in [-0.15, -0.1) is 0 Å². The average Bonchev–Trinajstić information content (AvgIpc) is 2.99. The van der Waals surface area contributed by atoms with Crippen molar-refractivity contribution in [2.24, 2.45) is 0 Å². The molecule has 2 N–H and O–H groups in total. The van der Waals surface area contributed by atoms with Gasteiger partial charge in [0.2, 0.25) is 15.9 Å². The molecular formula is C24H28ClN3O4S. The molecule has 176 valence electrons. The van der Waals surface area contributed by atoms with Crippen LogP contribution in [0.25, 0.3) is 0 Å². The smallest absolute Gasteiger partial charge is 0.251 e. The Morgan fingerprint density at radius 1 is 1.00 bits per heavy atom. The van der Waals surface area contributed by atoms with Crippen LogP contribution < -0.4 is 10.6 Å². The molecular weight excluding hydrogens is 462 g/mol. The number of halogens is 1. The van der Waals surface area contributed by atoms with Gasteiger partial charge < -0.3 is 10.6 Å². The molecule has 2 aliphatic rings. The lowest BCUT2D eigenvalue weighted by atomic mass is 9.93. The standard InChI is InChI=1S/C24H28ClN3O4S/c25-19-11-13-21(14-12-19)33(31,32)28(22-6-1-2-15-26-24(22)30)16-17-7-9-18(10-8-17)23(29)27-20-4-3-5-20/h7-14,20,22H,1-6,15-16H2,(H,26,30)(H,27,29)/t22-/m1/s1. The summed E-state index contributed by atoms with van der Waals surface area (Å²) < 4.78 is 28.4. The third kappa shape index (κ3) is 5.57. The molecule has 0 aromatic heterocycles. The van der Waals surface area contributed by atoms with Gasteiger partial charge in [0.1, 0.15) is 6.04 Å². The lowest BCUT2D eigenvalue weighted by Crippen LogP contribution is -2.48. The highest BCUT2D eigenvalue weighted by atomic mass is 35.5. The molecule has 1 saturated carbocycles. The van der Waals surface area contributed by atoms with Crippen molar-refractivity contribution in [2.75, 3.05) is 6.54 Å². The number of amides is 2. The summed E-state index contributed by atoms with van der Waals surface area (Å²) >= 11 is 5.94. The summed E-state index contributed by atoms with van der Waals surface area (Å²) in [5, 5.41) is 6.26. The van der Waals surface area contributed by atoms with Gasteiger partial charge in [0.15, 0.2) is 0 Å². The maximum absolute atomic E-state index is 13.6. The third-order valence-corrected chi connectivity index (χ3v) is 8.39. The quantitative estimate of drug-likeness (QED) is 0.622. The van der Waals surface area contributed by atoms with Crippen LogP contribution in [0.4, 0.5) is 0 Å². The molecule has 33 heavy (non-hydrogen) atoms. The number of carbonyl (C=O) groups is 2. The Morgan fingerprint density at radius 3 is 2.33 bits per heavy atom. The van der Waals surface area contributed by atoms with Crippen molar-refractivity contribution in [3.63, 3.8) is 0 Å². The Kier molecular flexibility index (Phi) is 7.36. The lowest BCUT2D eigenvalue weighted by molar-refractivity contribution is -0.124. The van der Waals surface area contributed by atoms with E-state index in [2.05, 4.69) is 10.6 Å². The SMILES string of the molecule is O=C(NC1CCC1)c1ccc(CN([C@@H]2CCCCNC2=O)S(=O)(=O)c2ccc(Cl)cc2)cc1. The Labute approximate surface area is 199 Å². The second kappa shape index (κ2) is 10.2. The first-order chi connectivity index (χ1) is 15.8. The lowest BCUT2D eigenvalue weighted by Gasteiger charge is -2.29. The van der Waals surface area contributed by atoms with Gasteiger partial charge in [0.25, 0.3) is 5.91 Å². The molecule has 2 fully saturated rings. The summed E-state index contributed by atoms with van der Waals surface area (Å²) in [5.41, 5.74) is 1.23. The van der Waals surface area contributed by atoms with E-state index in [1.165, 1.54) is 28.6 Å². The predicted molar refractivity (Wildman–Crippen MR) is 126 cm³/mol. The van der Waals surface area contributed by atoms with Crippen LogP contribution in [-0.4, -0.2) is 43.2 Å². The van der Waals surface area contributed by atoms with Gasteiger partial charge in [-0.05, 0) is 80.5 Å². The van der Waals surface area contributed by atoms with Crippen molar-refractivity contribution >= 4 is 33.4 Å². The minimum atomic E-state index is -3.97. The first kappa shape index (κ1) is 23.7. The molecule has 1 aliphatic heterocycles. The maximum Gasteiger partial charge on any atom is 0.251 e. The maximum atomic E-state index is 13.6. The van der Waals surface area contributed by atoms with Crippen molar-refractivity contribution in [3.05, 3.63) is 64.7 Å². The number of carbonyl (C=O) groups excluding carboxylic acids is 2. The van der Waals surface area contributed by atoms with Crippen LogP contribution in [0.1, 0.15) is 54.4 Å². The van der Waals surface area contributed by atoms with Crippen molar-refractivity contribution in [2.45, 2.75) is 62.0 Å². The molecule has 9 heteroatoms. The Balaban J connectivity index is 1.59. The van der Waals surface area contributed by atoms with Gasteiger partial charge in [-0.2, -0.15) is 4.31 Å². The van der Waals surface area contributed by atoms with Crippen LogP contribution in [0, 0.1) is 0 Å². The van der Waals surface area contributed by atoms with E-state index in [9.17, 15) is 18.0 Å². The van der Waals surface area contributed by atoms with Gasteiger partial charge in [0.05, 0.1) is 4.90 Å². The van der Waals surface area contributed by atoms with Crippen molar-refractivity contribution in [3.8, 4) is 0 Å². The van der Waals surface area contributed by atoms with E-state index in [4.69, 9.17) is 11.6 Å². The molecule has 1 atom stereocenters. The zero-order valence-corrected chi connectivity index (χ0v) is 19.9. The Hall–Kier alpha value is -2.42. The number of nitrogens with one attached hydrogen (secondary N) is 2. The molecule has 1 saturated heterocycles. The molecule has 0 radical (unpaired) electrons. The molecule has 7 nitrogen and oxygen atoms in total. The summed E-state index contributed by atoms with van der Waals surface area (Å²) in [6.07, 6.45) is 5.14. The third-order valence-electron chi connectivity index (χ3n) is 6.27. The zero-order valence-electron chi connectivity index (χ0n) is 18.3. The van der Waals surface area contributed by atoms with Crippen LogP contribution in [0.2, 0.25) is 5.02 Å². The molecule has 2 aromatic rings. The predicted octanol–water partition coefficient (Wildman–Crippen LogP) is 3.48. The molecule has 0 spiro atoms. The highest BCUT2D eigenvalue weighted by molar-refractivity contribution is 7.89. The summed E-state index contributed by atoms with van der Waals surface area (Å²) in [5.74, 6) is -0.415. The molecule has 0 unspecified atom stereocenters. The van der Waals surface area contributed by atoms with Crippen LogP contribution in [0.15, 0.2) is 53.4 Å². The molecule has 0 bridgehead atoms.